The Kier molecular flexibility index (Phi) is 4.09. The minimum atomic E-state index is -0.287. The van der Waals surface area contributed by atoms with Crippen LogP contribution < -0.4 is 5.32 Å². The Balaban J connectivity index is 1.98. The highest BCUT2D eigenvalue weighted by molar-refractivity contribution is 9.11. The van der Waals surface area contributed by atoms with Crippen LogP contribution in [0.25, 0.3) is 0 Å². The highest BCUT2D eigenvalue weighted by Gasteiger charge is 2.08. The first kappa shape index (κ1) is 12.5. The van der Waals surface area contributed by atoms with Crippen molar-refractivity contribution in [3.05, 3.63) is 44.0 Å². The molecule has 1 amide bonds. The molecule has 0 bridgehead atoms. The molecule has 7 heteroatoms. The van der Waals surface area contributed by atoms with E-state index in [9.17, 15) is 4.79 Å². The van der Waals surface area contributed by atoms with Gasteiger partial charge >= 0.3 is 0 Å². The molecule has 4 nitrogen and oxygen atoms in total. The fraction of sp³-hybridized carbons (Fsp3) is 0.100. The van der Waals surface area contributed by atoms with Gasteiger partial charge in [0.1, 0.15) is 10.8 Å². The monoisotopic (exact) mass is 331 g/mol. The zero-order valence-electron chi connectivity index (χ0n) is 8.48. The number of nitrogens with zero attached hydrogens (tertiary/aromatic N) is 2. The molecule has 0 saturated carbocycles. The van der Waals surface area contributed by atoms with E-state index < -0.39 is 0 Å². The maximum atomic E-state index is 11.7. The second-order valence-corrected chi connectivity index (χ2v) is 6.05. The summed E-state index contributed by atoms with van der Waals surface area (Å²) in [5.41, 5.74) is 0.216. The molecule has 2 aromatic heterocycles. The zero-order valence-corrected chi connectivity index (χ0v) is 11.6. The van der Waals surface area contributed by atoms with Gasteiger partial charge in [-0.05, 0) is 28.1 Å². The topological polar surface area (TPSA) is 54.9 Å². The SMILES string of the molecule is O=C(NCc1ccc(Br)s1)c1cncc(Cl)n1. The van der Waals surface area contributed by atoms with E-state index in [-0.39, 0.29) is 16.8 Å². The summed E-state index contributed by atoms with van der Waals surface area (Å²) >= 11 is 10.6. The number of hydrogen-bond donors (Lipinski definition) is 1. The van der Waals surface area contributed by atoms with Gasteiger partial charge in [0, 0.05) is 4.88 Å². The molecule has 0 aromatic carbocycles. The fourth-order valence-electron chi connectivity index (χ4n) is 1.16. The van der Waals surface area contributed by atoms with Crippen molar-refractivity contribution in [3.63, 3.8) is 0 Å². The number of halogens is 2. The largest absolute Gasteiger partial charge is 0.346 e. The molecule has 0 radical (unpaired) electrons. The lowest BCUT2D eigenvalue weighted by Gasteiger charge is -2.02. The molecule has 17 heavy (non-hydrogen) atoms. The van der Waals surface area contributed by atoms with Gasteiger partial charge in [0.05, 0.1) is 22.7 Å². The second-order valence-electron chi connectivity index (χ2n) is 3.12. The molecule has 0 aliphatic carbocycles. The van der Waals surface area contributed by atoms with Gasteiger partial charge in [0.15, 0.2) is 0 Å². The van der Waals surface area contributed by atoms with Crippen molar-refractivity contribution >= 4 is 44.8 Å². The predicted molar refractivity (Wildman–Crippen MR) is 70.2 cm³/mol. The van der Waals surface area contributed by atoms with Crippen molar-refractivity contribution in [1.29, 1.82) is 0 Å². The number of rotatable bonds is 3. The van der Waals surface area contributed by atoms with E-state index in [4.69, 9.17) is 11.6 Å². The highest BCUT2D eigenvalue weighted by atomic mass is 79.9. The third-order valence-electron chi connectivity index (χ3n) is 1.89. The van der Waals surface area contributed by atoms with E-state index in [0.29, 0.717) is 6.54 Å². The molecule has 0 fully saturated rings. The molecule has 0 atom stereocenters. The Hall–Kier alpha value is -0.980. The normalized spacial score (nSPS) is 10.2. The van der Waals surface area contributed by atoms with Gasteiger partial charge in [-0.25, -0.2) is 4.98 Å². The predicted octanol–water partition coefficient (Wildman–Crippen LogP) is 2.88. The lowest BCUT2D eigenvalue weighted by atomic mass is 10.4. The average molecular weight is 333 g/mol. The van der Waals surface area contributed by atoms with E-state index in [1.54, 1.807) is 11.3 Å². The van der Waals surface area contributed by atoms with Crippen LogP contribution in [0.3, 0.4) is 0 Å². The molecule has 0 aliphatic rings. The molecule has 2 rings (SSSR count). The van der Waals surface area contributed by atoms with Gasteiger partial charge < -0.3 is 5.32 Å². The van der Waals surface area contributed by atoms with Gasteiger partial charge in [0.25, 0.3) is 5.91 Å². The molecule has 2 aromatic rings. The van der Waals surface area contributed by atoms with Gasteiger partial charge in [-0.1, -0.05) is 11.6 Å². The Labute approximate surface area is 115 Å². The summed E-state index contributed by atoms with van der Waals surface area (Å²) < 4.78 is 1.03. The summed E-state index contributed by atoms with van der Waals surface area (Å²) in [6.45, 7) is 0.462. The minimum Gasteiger partial charge on any atom is -0.346 e. The van der Waals surface area contributed by atoms with Crippen LogP contribution in [0.2, 0.25) is 5.15 Å². The first-order valence-corrected chi connectivity index (χ1v) is 6.64. The van der Waals surface area contributed by atoms with Gasteiger partial charge in [-0.3, -0.25) is 9.78 Å². The smallest absolute Gasteiger partial charge is 0.271 e. The lowest BCUT2D eigenvalue weighted by molar-refractivity contribution is 0.0946. The van der Waals surface area contributed by atoms with E-state index in [0.717, 1.165) is 8.66 Å². The number of amides is 1. The maximum absolute atomic E-state index is 11.7. The van der Waals surface area contributed by atoms with Gasteiger partial charge in [-0.2, -0.15) is 0 Å². The summed E-state index contributed by atoms with van der Waals surface area (Å²) in [6.07, 6.45) is 2.76. The van der Waals surface area contributed by atoms with Crippen LogP contribution in [-0.4, -0.2) is 15.9 Å². The Morgan fingerprint density at radius 3 is 2.94 bits per heavy atom. The van der Waals surface area contributed by atoms with Crippen molar-refractivity contribution in [3.8, 4) is 0 Å². The first-order chi connectivity index (χ1) is 8.15. The van der Waals surface area contributed by atoms with Crippen LogP contribution in [0.4, 0.5) is 0 Å². The summed E-state index contributed by atoms with van der Waals surface area (Å²) in [6, 6.07) is 3.88. The van der Waals surface area contributed by atoms with Crippen molar-refractivity contribution in [1.82, 2.24) is 15.3 Å². The molecule has 2 heterocycles. The second kappa shape index (κ2) is 5.57. The van der Waals surface area contributed by atoms with Crippen molar-refractivity contribution in [2.45, 2.75) is 6.54 Å². The number of hydrogen-bond acceptors (Lipinski definition) is 4. The number of carbonyl (C=O) groups excluding carboxylic acids is 1. The third kappa shape index (κ3) is 3.49. The number of aromatic nitrogens is 2. The van der Waals surface area contributed by atoms with E-state index >= 15 is 0 Å². The molecular formula is C10H7BrClN3OS. The van der Waals surface area contributed by atoms with Crippen molar-refractivity contribution in [2.75, 3.05) is 0 Å². The summed E-state index contributed by atoms with van der Waals surface area (Å²) in [5, 5.41) is 2.95. The molecule has 88 valence electrons. The van der Waals surface area contributed by atoms with Gasteiger partial charge in [-0.15, -0.1) is 11.3 Å². The minimum absolute atomic E-state index is 0.205. The first-order valence-electron chi connectivity index (χ1n) is 4.65. The van der Waals surface area contributed by atoms with E-state index in [1.165, 1.54) is 12.4 Å². The van der Waals surface area contributed by atoms with E-state index in [1.807, 2.05) is 12.1 Å². The highest BCUT2D eigenvalue weighted by Crippen LogP contribution is 2.21. The van der Waals surface area contributed by atoms with Crippen molar-refractivity contribution < 1.29 is 4.79 Å². The number of nitrogens with one attached hydrogen (secondary N) is 1. The Morgan fingerprint density at radius 2 is 2.29 bits per heavy atom. The van der Waals surface area contributed by atoms with Crippen LogP contribution in [-0.2, 0) is 6.54 Å². The molecule has 1 N–H and O–H groups in total. The summed E-state index contributed by atoms with van der Waals surface area (Å²) in [4.78, 5) is 20.4. The number of carbonyl (C=O) groups is 1. The fourth-order valence-corrected chi connectivity index (χ4v) is 2.73. The Morgan fingerprint density at radius 1 is 1.47 bits per heavy atom. The van der Waals surface area contributed by atoms with Crippen LogP contribution in [0.5, 0.6) is 0 Å². The summed E-state index contributed by atoms with van der Waals surface area (Å²) in [5.74, 6) is -0.287. The van der Waals surface area contributed by atoms with Crippen LogP contribution >= 0.6 is 38.9 Å². The van der Waals surface area contributed by atoms with Crippen LogP contribution in [0.15, 0.2) is 28.3 Å². The zero-order chi connectivity index (χ0) is 12.3. The van der Waals surface area contributed by atoms with Crippen LogP contribution in [0, 0.1) is 0 Å². The van der Waals surface area contributed by atoms with Gasteiger partial charge in [0.2, 0.25) is 0 Å². The summed E-state index contributed by atoms with van der Waals surface area (Å²) in [7, 11) is 0. The molecular weight excluding hydrogens is 326 g/mol. The van der Waals surface area contributed by atoms with Crippen LogP contribution in [0.1, 0.15) is 15.4 Å². The molecule has 0 aliphatic heterocycles. The molecule has 0 spiro atoms. The third-order valence-corrected chi connectivity index (χ3v) is 3.70. The average Bonchev–Trinajstić information content (AvgIpc) is 2.72. The van der Waals surface area contributed by atoms with E-state index in [2.05, 4.69) is 31.2 Å². The maximum Gasteiger partial charge on any atom is 0.271 e. The van der Waals surface area contributed by atoms with Crippen molar-refractivity contribution in [2.24, 2.45) is 0 Å². The molecule has 0 saturated heterocycles. The number of thiophene rings is 1. The standard InChI is InChI=1S/C10H7BrClN3OS/c11-8-2-1-6(17-8)3-14-10(16)7-4-13-5-9(12)15-7/h1-2,4-5H,3H2,(H,14,16). The Bertz CT molecular complexity index is 546. The lowest BCUT2D eigenvalue weighted by Crippen LogP contribution is -2.23. The molecule has 0 unspecified atom stereocenters. The quantitative estimate of drug-likeness (QED) is 0.940.